The molecule has 1 aliphatic rings. The van der Waals surface area contributed by atoms with E-state index in [4.69, 9.17) is 4.74 Å². The van der Waals surface area contributed by atoms with Crippen LogP contribution in [0.5, 0.6) is 5.75 Å². The van der Waals surface area contributed by atoms with Gasteiger partial charge in [-0.2, -0.15) is 10.2 Å². The topological polar surface area (TPSA) is 74.0 Å². The van der Waals surface area contributed by atoms with Crippen LogP contribution < -0.4 is 10.1 Å². The summed E-state index contributed by atoms with van der Waals surface area (Å²) in [7, 11) is 1.94. The van der Waals surface area contributed by atoms with Gasteiger partial charge in [0.15, 0.2) is 0 Å². The molecule has 2 aromatic heterocycles. The molecule has 1 aliphatic heterocycles. The zero-order valence-electron chi connectivity index (χ0n) is 17.1. The van der Waals surface area contributed by atoms with Crippen LogP contribution in [0.2, 0.25) is 0 Å². The molecule has 1 fully saturated rings. The number of nitrogens with zero attached hydrogens (tertiary/aromatic N) is 4. The van der Waals surface area contributed by atoms with Crippen molar-refractivity contribution in [3.8, 4) is 16.9 Å². The minimum Gasteiger partial charge on any atom is -0.490 e. The number of carbonyl (C=O) groups excluding carboxylic acids is 1. The smallest absolute Gasteiger partial charge is 0.220 e. The fourth-order valence-electron chi connectivity index (χ4n) is 3.73. The van der Waals surface area contributed by atoms with E-state index < -0.39 is 0 Å². The average Bonchev–Trinajstić information content (AvgIpc) is 3.35. The molecular weight excluding hydrogens is 354 g/mol. The minimum absolute atomic E-state index is 0.0737. The Bertz CT molecular complexity index is 1030. The fraction of sp³-hybridized carbons (Fsp3) is 0.476. The van der Waals surface area contributed by atoms with E-state index in [9.17, 15) is 4.79 Å². The van der Waals surface area contributed by atoms with Crippen LogP contribution >= 0.6 is 0 Å². The second kappa shape index (κ2) is 6.96. The maximum Gasteiger partial charge on any atom is 0.220 e. The Balaban J connectivity index is 1.75. The van der Waals surface area contributed by atoms with Gasteiger partial charge < -0.3 is 10.1 Å². The van der Waals surface area contributed by atoms with Crippen molar-refractivity contribution in [1.82, 2.24) is 24.9 Å². The van der Waals surface area contributed by atoms with Crippen LogP contribution in [0.15, 0.2) is 24.5 Å². The number of hydrogen-bond acceptors (Lipinski definition) is 4. The summed E-state index contributed by atoms with van der Waals surface area (Å²) in [5.74, 6) is 1.08. The third-order valence-electron chi connectivity index (χ3n) is 5.64. The Labute approximate surface area is 164 Å². The van der Waals surface area contributed by atoms with Gasteiger partial charge in [0.25, 0.3) is 0 Å². The quantitative estimate of drug-likeness (QED) is 0.736. The molecule has 3 aromatic rings. The molecule has 1 aromatic carbocycles. The highest BCUT2D eigenvalue weighted by molar-refractivity contribution is 5.92. The highest BCUT2D eigenvalue weighted by Gasteiger charge is 2.28. The van der Waals surface area contributed by atoms with Gasteiger partial charge >= 0.3 is 0 Å². The van der Waals surface area contributed by atoms with Gasteiger partial charge in [-0.15, -0.1) is 0 Å². The van der Waals surface area contributed by atoms with Gasteiger partial charge in [-0.25, -0.2) is 0 Å². The van der Waals surface area contributed by atoms with Crippen LogP contribution in [-0.4, -0.2) is 38.1 Å². The van der Waals surface area contributed by atoms with Crippen molar-refractivity contribution in [3.63, 3.8) is 0 Å². The van der Waals surface area contributed by atoms with Gasteiger partial charge in [0.2, 0.25) is 5.91 Å². The van der Waals surface area contributed by atoms with Crippen LogP contribution in [0.1, 0.15) is 38.9 Å². The number of aromatic nitrogens is 4. The Morgan fingerprint density at radius 2 is 2.04 bits per heavy atom. The second-order valence-corrected chi connectivity index (χ2v) is 7.97. The molecule has 0 radical (unpaired) electrons. The molecule has 1 saturated heterocycles. The number of rotatable bonds is 5. The lowest BCUT2D eigenvalue weighted by molar-refractivity contribution is -0.119. The van der Waals surface area contributed by atoms with E-state index in [-0.39, 0.29) is 17.9 Å². The summed E-state index contributed by atoms with van der Waals surface area (Å²) in [6, 6.07) is 4.46. The summed E-state index contributed by atoms with van der Waals surface area (Å²) >= 11 is 0. The van der Waals surface area contributed by atoms with E-state index in [1.807, 2.05) is 42.7 Å². The number of amides is 1. The van der Waals surface area contributed by atoms with Crippen LogP contribution in [-0.2, 0) is 11.8 Å². The molecule has 7 nitrogen and oxygen atoms in total. The molecule has 28 heavy (non-hydrogen) atoms. The molecule has 7 heteroatoms. The lowest BCUT2D eigenvalue weighted by Gasteiger charge is -2.20. The molecule has 4 rings (SSSR count). The maximum atomic E-state index is 11.6. The third-order valence-corrected chi connectivity index (χ3v) is 5.64. The number of carbonyl (C=O) groups is 1. The van der Waals surface area contributed by atoms with Crippen LogP contribution in [0.4, 0.5) is 0 Å². The summed E-state index contributed by atoms with van der Waals surface area (Å²) in [5, 5.41) is 13.0. The average molecular weight is 381 g/mol. The Hall–Kier alpha value is -2.83. The molecule has 3 heterocycles. The normalized spacial score (nSPS) is 18.1. The van der Waals surface area contributed by atoms with Crippen LogP contribution in [0.3, 0.4) is 0 Å². The van der Waals surface area contributed by atoms with E-state index in [0.717, 1.165) is 33.5 Å². The molecule has 148 valence electrons. The van der Waals surface area contributed by atoms with Gasteiger partial charge in [-0.1, -0.05) is 0 Å². The number of ether oxygens (including phenoxy) is 1. The summed E-state index contributed by atoms with van der Waals surface area (Å²) < 4.78 is 10.2. The summed E-state index contributed by atoms with van der Waals surface area (Å²) in [6.07, 6.45) is 4.37. The Kier molecular flexibility index (Phi) is 4.61. The van der Waals surface area contributed by atoms with Crippen molar-refractivity contribution in [3.05, 3.63) is 30.2 Å². The molecule has 0 bridgehead atoms. The van der Waals surface area contributed by atoms with E-state index in [0.29, 0.717) is 19.0 Å². The van der Waals surface area contributed by atoms with Gasteiger partial charge in [-0.3, -0.25) is 14.2 Å². The summed E-state index contributed by atoms with van der Waals surface area (Å²) in [6.45, 7) is 8.95. The van der Waals surface area contributed by atoms with Crippen molar-refractivity contribution in [2.24, 2.45) is 13.0 Å². The van der Waals surface area contributed by atoms with Gasteiger partial charge in [-0.05, 0) is 45.4 Å². The number of benzene rings is 1. The van der Waals surface area contributed by atoms with Crippen molar-refractivity contribution in [2.75, 3.05) is 6.54 Å². The predicted octanol–water partition coefficient (Wildman–Crippen LogP) is 3.23. The van der Waals surface area contributed by atoms with Gasteiger partial charge in [0.05, 0.1) is 17.1 Å². The molecule has 1 unspecified atom stereocenters. The number of nitrogens with one attached hydrogen (secondary N) is 1. The highest BCUT2D eigenvalue weighted by atomic mass is 16.5. The Morgan fingerprint density at radius 3 is 2.68 bits per heavy atom. The van der Waals surface area contributed by atoms with Crippen molar-refractivity contribution in [2.45, 2.75) is 46.3 Å². The number of aryl methyl sites for hydroxylation is 2. The predicted molar refractivity (Wildman–Crippen MR) is 108 cm³/mol. The SMILES string of the molecule is Cc1c2c(O[C@H](C)C3CNC(=O)C3)cc(-c3cnn(C(C)C)c3)cc2nn1C. The van der Waals surface area contributed by atoms with E-state index in [1.165, 1.54) is 0 Å². The fourth-order valence-corrected chi connectivity index (χ4v) is 3.73. The number of fused-ring (bicyclic) bond motifs is 1. The molecular formula is C21H27N5O2. The number of hydrogen-bond donors (Lipinski definition) is 1. The standard InChI is InChI=1S/C21H27N5O2/c1-12(2)26-11-17(10-23-26)15-6-18-21(13(3)25(5)24-18)19(7-15)28-14(4)16-8-20(27)22-9-16/h6-7,10-12,14,16H,8-9H2,1-5H3,(H,22,27)/t14-,16?/m1/s1. The van der Waals surface area contributed by atoms with Gasteiger partial charge in [0, 0.05) is 49.4 Å². The van der Waals surface area contributed by atoms with Crippen molar-refractivity contribution < 1.29 is 9.53 Å². The van der Waals surface area contributed by atoms with E-state index >= 15 is 0 Å². The Morgan fingerprint density at radius 1 is 1.25 bits per heavy atom. The maximum absolute atomic E-state index is 11.6. The summed E-state index contributed by atoms with van der Waals surface area (Å²) in [4.78, 5) is 11.6. The molecule has 0 aliphatic carbocycles. The van der Waals surface area contributed by atoms with E-state index in [1.54, 1.807) is 0 Å². The molecule has 1 N–H and O–H groups in total. The lowest BCUT2D eigenvalue weighted by atomic mass is 10.0. The van der Waals surface area contributed by atoms with Crippen molar-refractivity contribution in [1.29, 1.82) is 0 Å². The first-order chi connectivity index (χ1) is 13.3. The van der Waals surface area contributed by atoms with E-state index in [2.05, 4.69) is 41.5 Å². The first kappa shape index (κ1) is 18.5. The monoisotopic (exact) mass is 381 g/mol. The third kappa shape index (κ3) is 3.25. The molecule has 1 amide bonds. The zero-order valence-corrected chi connectivity index (χ0v) is 17.1. The zero-order chi connectivity index (χ0) is 20.0. The largest absolute Gasteiger partial charge is 0.490 e. The summed E-state index contributed by atoms with van der Waals surface area (Å²) in [5.41, 5.74) is 4.02. The molecule has 2 atom stereocenters. The molecule has 0 spiro atoms. The van der Waals surface area contributed by atoms with Crippen LogP contribution in [0, 0.1) is 12.8 Å². The first-order valence-electron chi connectivity index (χ1n) is 9.78. The highest BCUT2D eigenvalue weighted by Crippen LogP contribution is 2.35. The second-order valence-electron chi connectivity index (χ2n) is 7.97. The van der Waals surface area contributed by atoms with Gasteiger partial charge in [0.1, 0.15) is 11.9 Å². The first-order valence-corrected chi connectivity index (χ1v) is 9.78. The minimum atomic E-state index is -0.0737. The van der Waals surface area contributed by atoms with Crippen LogP contribution in [0.25, 0.3) is 22.0 Å². The lowest BCUT2D eigenvalue weighted by Crippen LogP contribution is -2.25. The molecule has 0 saturated carbocycles. The van der Waals surface area contributed by atoms with Crippen molar-refractivity contribution >= 4 is 16.8 Å².